The Morgan fingerprint density at radius 2 is 2.15 bits per heavy atom. The molecule has 0 bridgehead atoms. The van der Waals surface area contributed by atoms with E-state index in [1.807, 2.05) is 12.1 Å². The van der Waals surface area contributed by atoms with Crippen LogP contribution in [0.25, 0.3) is 0 Å². The van der Waals surface area contributed by atoms with Gasteiger partial charge in [0.2, 0.25) is 0 Å². The maximum absolute atomic E-state index is 5.43. The Morgan fingerprint density at radius 3 is 2.80 bits per heavy atom. The summed E-state index contributed by atoms with van der Waals surface area (Å²) in [6.07, 6.45) is 1.71. The van der Waals surface area contributed by atoms with Crippen LogP contribution in [0.5, 0.6) is 0 Å². The minimum atomic E-state index is 0.321. The van der Waals surface area contributed by atoms with E-state index in [0.717, 1.165) is 23.3 Å². The number of hydrogen-bond donors (Lipinski definition) is 1. The zero-order valence-corrected chi connectivity index (χ0v) is 13.8. The van der Waals surface area contributed by atoms with E-state index in [1.54, 1.807) is 6.26 Å². The molecule has 3 nitrogen and oxygen atoms in total. The van der Waals surface area contributed by atoms with Gasteiger partial charge in [-0.3, -0.25) is 0 Å². The molecule has 0 aliphatic rings. The van der Waals surface area contributed by atoms with Gasteiger partial charge in [0.15, 0.2) is 0 Å². The highest BCUT2D eigenvalue weighted by atomic mass is 79.9. The van der Waals surface area contributed by atoms with Crippen molar-refractivity contribution in [3.05, 3.63) is 52.4 Å². The lowest BCUT2D eigenvalue weighted by molar-refractivity contribution is 0.506. The zero-order chi connectivity index (χ0) is 14.5. The van der Waals surface area contributed by atoms with E-state index in [0.29, 0.717) is 6.04 Å². The largest absolute Gasteiger partial charge is 0.467 e. The lowest BCUT2D eigenvalue weighted by Crippen LogP contribution is -2.23. The second-order valence-electron chi connectivity index (χ2n) is 4.92. The Morgan fingerprint density at radius 1 is 1.35 bits per heavy atom. The van der Waals surface area contributed by atoms with Crippen molar-refractivity contribution in [1.29, 1.82) is 0 Å². The smallest absolute Gasteiger partial charge is 0.123 e. The van der Waals surface area contributed by atoms with Gasteiger partial charge in [-0.2, -0.15) is 0 Å². The van der Waals surface area contributed by atoms with Crippen molar-refractivity contribution in [1.82, 2.24) is 5.32 Å². The van der Waals surface area contributed by atoms with Crippen LogP contribution in [0, 0.1) is 0 Å². The average molecular weight is 337 g/mol. The van der Waals surface area contributed by atoms with E-state index >= 15 is 0 Å². The Hall–Kier alpha value is -1.26. The lowest BCUT2D eigenvalue weighted by atomic mass is 10.1. The number of benzene rings is 1. The van der Waals surface area contributed by atoms with Gasteiger partial charge in [0.05, 0.1) is 12.8 Å². The number of halogens is 1. The van der Waals surface area contributed by atoms with Crippen LogP contribution in [0.1, 0.15) is 31.2 Å². The van der Waals surface area contributed by atoms with E-state index in [9.17, 15) is 0 Å². The number of nitrogens with one attached hydrogen (secondary N) is 1. The van der Waals surface area contributed by atoms with Crippen molar-refractivity contribution in [3.8, 4) is 0 Å². The summed E-state index contributed by atoms with van der Waals surface area (Å²) in [7, 11) is 2.09. The summed E-state index contributed by atoms with van der Waals surface area (Å²) in [6, 6.07) is 10.7. The van der Waals surface area contributed by atoms with Crippen molar-refractivity contribution >= 4 is 21.6 Å². The molecule has 0 amide bonds. The lowest BCUT2D eigenvalue weighted by Gasteiger charge is -2.25. The highest BCUT2D eigenvalue weighted by Gasteiger charge is 2.14. The maximum Gasteiger partial charge on any atom is 0.123 e. The molecule has 0 saturated carbocycles. The fraction of sp³-hybridized carbons (Fsp3) is 0.375. The van der Waals surface area contributed by atoms with Gasteiger partial charge in [-0.25, -0.2) is 0 Å². The SMILES string of the molecule is CCNC(C)c1ccc(Br)cc1N(C)Cc1ccco1. The molecule has 108 valence electrons. The molecule has 1 unspecified atom stereocenters. The minimum absolute atomic E-state index is 0.321. The van der Waals surface area contributed by atoms with E-state index in [4.69, 9.17) is 4.42 Å². The van der Waals surface area contributed by atoms with Crippen molar-refractivity contribution in [3.63, 3.8) is 0 Å². The second kappa shape index (κ2) is 6.95. The molecule has 1 heterocycles. The fourth-order valence-electron chi connectivity index (χ4n) is 2.35. The Kier molecular flexibility index (Phi) is 5.26. The highest BCUT2D eigenvalue weighted by molar-refractivity contribution is 9.10. The van der Waals surface area contributed by atoms with Gasteiger partial charge < -0.3 is 14.6 Å². The summed E-state index contributed by atoms with van der Waals surface area (Å²) < 4.78 is 6.52. The number of hydrogen-bond acceptors (Lipinski definition) is 3. The molecule has 1 N–H and O–H groups in total. The third kappa shape index (κ3) is 3.64. The first-order valence-electron chi connectivity index (χ1n) is 6.88. The second-order valence-corrected chi connectivity index (χ2v) is 5.83. The number of anilines is 1. The molecule has 1 atom stereocenters. The predicted octanol–water partition coefficient (Wildman–Crippen LogP) is 4.35. The van der Waals surface area contributed by atoms with E-state index in [-0.39, 0.29) is 0 Å². The van der Waals surface area contributed by atoms with Crippen molar-refractivity contribution < 1.29 is 4.42 Å². The molecular weight excluding hydrogens is 316 g/mol. The first-order chi connectivity index (χ1) is 9.61. The van der Waals surface area contributed by atoms with Gasteiger partial charge in [0.1, 0.15) is 5.76 Å². The summed E-state index contributed by atoms with van der Waals surface area (Å²) in [5, 5.41) is 3.47. The van der Waals surface area contributed by atoms with Gasteiger partial charge in [0.25, 0.3) is 0 Å². The molecule has 0 saturated heterocycles. The molecular formula is C16H21BrN2O. The van der Waals surface area contributed by atoms with E-state index in [1.165, 1.54) is 11.3 Å². The number of rotatable bonds is 6. The van der Waals surface area contributed by atoms with Gasteiger partial charge in [0, 0.05) is 23.2 Å². The summed E-state index contributed by atoms with van der Waals surface area (Å²) in [4.78, 5) is 2.22. The summed E-state index contributed by atoms with van der Waals surface area (Å²) in [5.74, 6) is 0.967. The quantitative estimate of drug-likeness (QED) is 0.849. The standard InChI is InChI=1S/C16H21BrN2O/c1-4-18-12(2)15-8-7-13(17)10-16(15)19(3)11-14-6-5-9-20-14/h5-10,12,18H,4,11H2,1-3H3. The van der Waals surface area contributed by atoms with Crippen LogP contribution in [0.3, 0.4) is 0 Å². The van der Waals surface area contributed by atoms with Gasteiger partial charge in [-0.1, -0.05) is 28.9 Å². The molecule has 20 heavy (non-hydrogen) atoms. The molecule has 0 radical (unpaired) electrons. The minimum Gasteiger partial charge on any atom is -0.467 e. The van der Waals surface area contributed by atoms with Crippen LogP contribution >= 0.6 is 15.9 Å². The Bertz CT molecular complexity index is 539. The molecule has 4 heteroatoms. The third-order valence-electron chi connectivity index (χ3n) is 3.35. The van der Waals surface area contributed by atoms with Crippen LogP contribution < -0.4 is 10.2 Å². The van der Waals surface area contributed by atoms with Crippen LogP contribution in [0.4, 0.5) is 5.69 Å². The fourth-order valence-corrected chi connectivity index (χ4v) is 2.70. The van der Waals surface area contributed by atoms with E-state index < -0.39 is 0 Å². The zero-order valence-electron chi connectivity index (χ0n) is 12.2. The molecule has 0 aliphatic heterocycles. The molecule has 0 spiro atoms. The van der Waals surface area contributed by atoms with Crippen molar-refractivity contribution in [2.45, 2.75) is 26.4 Å². The van der Waals surface area contributed by atoms with Crippen molar-refractivity contribution in [2.24, 2.45) is 0 Å². The molecule has 1 aromatic carbocycles. The number of nitrogens with zero attached hydrogens (tertiary/aromatic N) is 1. The third-order valence-corrected chi connectivity index (χ3v) is 3.85. The molecule has 0 aliphatic carbocycles. The van der Waals surface area contributed by atoms with Crippen LogP contribution in [-0.4, -0.2) is 13.6 Å². The Balaban J connectivity index is 2.26. The van der Waals surface area contributed by atoms with Crippen LogP contribution in [0.2, 0.25) is 0 Å². The predicted molar refractivity (Wildman–Crippen MR) is 87.0 cm³/mol. The summed E-state index contributed by atoms with van der Waals surface area (Å²) in [5.41, 5.74) is 2.51. The molecule has 0 fully saturated rings. The van der Waals surface area contributed by atoms with Gasteiger partial charge >= 0.3 is 0 Å². The first-order valence-corrected chi connectivity index (χ1v) is 7.67. The normalized spacial score (nSPS) is 12.4. The highest BCUT2D eigenvalue weighted by Crippen LogP contribution is 2.30. The van der Waals surface area contributed by atoms with Gasteiger partial charge in [-0.05, 0) is 43.3 Å². The molecule has 1 aromatic heterocycles. The summed E-state index contributed by atoms with van der Waals surface area (Å²) in [6.45, 7) is 6.03. The average Bonchev–Trinajstić information content (AvgIpc) is 2.91. The van der Waals surface area contributed by atoms with Crippen LogP contribution in [-0.2, 0) is 6.54 Å². The maximum atomic E-state index is 5.43. The van der Waals surface area contributed by atoms with Crippen molar-refractivity contribution in [2.75, 3.05) is 18.5 Å². The molecule has 2 rings (SSSR count). The molecule has 2 aromatic rings. The summed E-state index contributed by atoms with van der Waals surface area (Å²) >= 11 is 3.56. The van der Waals surface area contributed by atoms with E-state index in [2.05, 4.69) is 65.2 Å². The monoisotopic (exact) mass is 336 g/mol. The van der Waals surface area contributed by atoms with Gasteiger partial charge in [-0.15, -0.1) is 0 Å². The van der Waals surface area contributed by atoms with Crippen LogP contribution in [0.15, 0.2) is 45.5 Å². The topological polar surface area (TPSA) is 28.4 Å². The Labute approximate surface area is 129 Å². The number of furan rings is 1. The first kappa shape index (κ1) is 15.1.